The van der Waals surface area contributed by atoms with Crippen LogP contribution in [0.2, 0.25) is 0 Å². The molecule has 0 bridgehead atoms. The number of amides is 1. The fraction of sp³-hybridized carbons (Fsp3) is 0.611. The molecule has 1 fully saturated rings. The Morgan fingerprint density at radius 2 is 2.05 bits per heavy atom. The molecule has 0 aliphatic heterocycles. The van der Waals surface area contributed by atoms with E-state index in [9.17, 15) is 4.79 Å². The average molecular weight is 286 g/mol. The minimum Gasteiger partial charge on any atom is -0.353 e. The lowest BCUT2D eigenvalue weighted by Gasteiger charge is -2.26. The Kier molecular flexibility index (Phi) is 4.59. The Morgan fingerprint density at radius 3 is 2.90 bits per heavy atom. The van der Waals surface area contributed by atoms with Crippen molar-refractivity contribution < 1.29 is 4.79 Å². The number of hydrogen-bond donors (Lipinski definition) is 2. The number of benzene rings is 1. The maximum absolute atomic E-state index is 12.4. The first kappa shape index (κ1) is 14.6. The third-order valence-corrected chi connectivity index (χ3v) is 5.23. The summed E-state index contributed by atoms with van der Waals surface area (Å²) in [7, 11) is 0. The van der Waals surface area contributed by atoms with Crippen molar-refractivity contribution >= 4 is 5.91 Å². The lowest BCUT2D eigenvalue weighted by molar-refractivity contribution is -0.122. The van der Waals surface area contributed by atoms with Crippen LogP contribution in [0.25, 0.3) is 0 Å². The van der Waals surface area contributed by atoms with Crippen molar-refractivity contribution in [2.45, 2.75) is 56.9 Å². The molecule has 0 saturated heterocycles. The Balaban J connectivity index is 1.61. The lowest BCUT2D eigenvalue weighted by atomic mass is 9.81. The van der Waals surface area contributed by atoms with E-state index in [-0.39, 0.29) is 5.91 Å². The molecule has 1 amide bonds. The second kappa shape index (κ2) is 6.61. The van der Waals surface area contributed by atoms with Crippen LogP contribution in [0.4, 0.5) is 0 Å². The minimum absolute atomic E-state index is 0.210. The second-order valence-electron chi connectivity index (χ2n) is 6.59. The Bertz CT molecular complexity index is 500. The number of carbonyl (C=O) groups excluding carboxylic acids is 1. The maximum atomic E-state index is 12.4. The predicted molar refractivity (Wildman–Crippen MR) is 85.1 cm³/mol. The van der Waals surface area contributed by atoms with Crippen LogP contribution in [-0.2, 0) is 11.2 Å². The Labute approximate surface area is 127 Å². The standard InChI is InChI=1S/C18H26N2O/c19-12-15-8-4-10-17(15)20-18(21)11-14-7-3-6-13-5-1-2-9-16(13)14/h1-2,5,9,14-15,17H,3-4,6-8,10-12,19H2,(H,20,21). The van der Waals surface area contributed by atoms with Gasteiger partial charge in [0.2, 0.25) is 5.91 Å². The van der Waals surface area contributed by atoms with Gasteiger partial charge in [0.15, 0.2) is 0 Å². The molecular formula is C18H26N2O. The van der Waals surface area contributed by atoms with Crippen LogP contribution in [0.5, 0.6) is 0 Å². The highest BCUT2D eigenvalue weighted by atomic mass is 16.1. The SMILES string of the molecule is NCC1CCCC1NC(=O)CC1CCCc2ccccc21. The van der Waals surface area contributed by atoms with Crippen LogP contribution in [-0.4, -0.2) is 18.5 Å². The molecule has 0 radical (unpaired) electrons. The average Bonchev–Trinajstić information content (AvgIpc) is 2.94. The molecule has 3 N–H and O–H groups in total. The summed E-state index contributed by atoms with van der Waals surface area (Å²) < 4.78 is 0. The van der Waals surface area contributed by atoms with Crippen LogP contribution in [0.3, 0.4) is 0 Å². The van der Waals surface area contributed by atoms with Crippen LogP contribution in [0, 0.1) is 5.92 Å². The van der Waals surface area contributed by atoms with E-state index in [0.717, 1.165) is 25.7 Å². The largest absolute Gasteiger partial charge is 0.353 e. The highest BCUT2D eigenvalue weighted by Crippen LogP contribution is 2.34. The van der Waals surface area contributed by atoms with Gasteiger partial charge < -0.3 is 11.1 Å². The maximum Gasteiger partial charge on any atom is 0.220 e. The van der Waals surface area contributed by atoms with E-state index in [4.69, 9.17) is 5.73 Å². The van der Waals surface area contributed by atoms with Crippen LogP contribution in [0.15, 0.2) is 24.3 Å². The second-order valence-corrected chi connectivity index (χ2v) is 6.59. The first-order valence-corrected chi connectivity index (χ1v) is 8.35. The third-order valence-electron chi connectivity index (χ3n) is 5.23. The molecule has 1 saturated carbocycles. The molecule has 0 aromatic heterocycles. The van der Waals surface area contributed by atoms with Gasteiger partial charge in [-0.25, -0.2) is 0 Å². The van der Waals surface area contributed by atoms with E-state index in [2.05, 4.69) is 29.6 Å². The smallest absolute Gasteiger partial charge is 0.220 e. The summed E-state index contributed by atoms with van der Waals surface area (Å²) in [6.07, 6.45) is 7.57. The summed E-state index contributed by atoms with van der Waals surface area (Å²) in [5.41, 5.74) is 8.62. The molecule has 3 rings (SSSR count). The summed E-state index contributed by atoms with van der Waals surface area (Å²) in [5.74, 6) is 1.09. The van der Waals surface area contributed by atoms with E-state index in [0.29, 0.717) is 30.8 Å². The van der Waals surface area contributed by atoms with Crippen molar-refractivity contribution in [2.75, 3.05) is 6.54 Å². The number of hydrogen-bond acceptors (Lipinski definition) is 2. The quantitative estimate of drug-likeness (QED) is 0.894. The van der Waals surface area contributed by atoms with Gasteiger partial charge in [0.25, 0.3) is 0 Å². The van der Waals surface area contributed by atoms with Crippen LogP contribution in [0.1, 0.15) is 55.6 Å². The summed E-state index contributed by atoms with van der Waals surface area (Å²) in [6.45, 7) is 0.692. The molecular weight excluding hydrogens is 260 g/mol. The zero-order chi connectivity index (χ0) is 14.7. The van der Waals surface area contributed by atoms with Crippen molar-refractivity contribution in [3.63, 3.8) is 0 Å². The topological polar surface area (TPSA) is 55.1 Å². The highest BCUT2D eigenvalue weighted by Gasteiger charge is 2.29. The summed E-state index contributed by atoms with van der Waals surface area (Å²) in [5, 5.41) is 3.24. The molecule has 2 aliphatic rings. The zero-order valence-corrected chi connectivity index (χ0v) is 12.7. The number of nitrogens with one attached hydrogen (secondary N) is 1. The summed E-state index contributed by atoms with van der Waals surface area (Å²) in [4.78, 5) is 12.4. The van der Waals surface area contributed by atoms with E-state index in [1.807, 2.05) is 0 Å². The van der Waals surface area contributed by atoms with E-state index < -0.39 is 0 Å². The van der Waals surface area contributed by atoms with Gasteiger partial charge in [0.1, 0.15) is 0 Å². The molecule has 0 spiro atoms. The van der Waals surface area contributed by atoms with Crippen molar-refractivity contribution in [1.82, 2.24) is 5.32 Å². The number of aryl methyl sites for hydroxylation is 1. The summed E-state index contributed by atoms with van der Waals surface area (Å²) >= 11 is 0. The number of fused-ring (bicyclic) bond motifs is 1. The van der Waals surface area contributed by atoms with Crippen molar-refractivity contribution in [3.05, 3.63) is 35.4 Å². The van der Waals surface area contributed by atoms with Gasteiger partial charge in [-0.05, 0) is 61.6 Å². The predicted octanol–water partition coefficient (Wildman–Crippen LogP) is 2.74. The van der Waals surface area contributed by atoms with E-state index in [1.54, 1.807) is 0 Å². The van der Waals surface area contributed by atoms with Gasteiger partial charge in [-0.15, -0.1) is 0 Å². The van der Waals surface area contributed by atoms with Crippen molar-refractivity contribution in [3.8, 4) is 0 Å². The van der Waals surface area contributed by atoms with Gasteiger partial charge >= 0.3 is 0 Å². The Hall–Kier alpha value is -1.35. The molecule has 114 valence electrons. The molecule has 3 nitrogen and oxygen atoms in total. The molecule has 21 heavy (non-hydrogen) atoms. The minimum atomic E-state index is 0.210. The van der Waals surface area contributed by atoms with Crippen molar-refractivity contribution in [1.29, 1.82) is 0 Å². The molecule has 1 aromatic rings. The van der Waals surface area contributed by atoms with Gasteiger partial charge in [-0.3, -0.25) is 4.79 Å². The fourth-order valence-corrected chi connectivity index (χ4v) is 4.07. The number of rotatable bonds is 4. The monoisotopic (exact) mass is 286 g/mol. The number of carbonyl (C=O) groups is 1. The van der Waals surface area contributed by atoms with Gasteiger partial charge in [0, 0.05) is 12.5 Å². The van der Waals surface area contributed by atoms with Gasteiger partial charge in [0.05, 0.1) is 0 Å². The highest BCUT2D eigenvalue weighted by molar-refractivity contribution is 5.77. The normalized spacial score (nSPS) is 28.1. The zero-order valence-electron chi connectivity index (χ0n) is 12.7. The number of nitrogens with two attached hydrogens (primary N) is 1. The van der Waals surface area contributed by atoms with Crippen LogP contribution < -0.4 is 11.1 Å². The van der Waals surface area contributed by atoms with E-state index in [1.165, 1.54) is 24.0 Å². The first-order chi connectivity index (χ1) is 10.3. The van der Waals surface area contributed by atoms with Crippen molar-refractivity contribution in [2.24, 2.45) is 11.7 Å². The van der Waals surface area contributed by atoms with Gasteiger partial charge in [-0.1, -0.05) is 30.7 Å². The molecule has 3 atom stereocenters. The molecule has 3 unspecified atom stereocenters. The Morgan fingerprint density at radius 1 is 1.19 bits per heavy atom. The first-order valence-electron chi connectivity index (χ1n) is 8.35. The van der Waals surface area contributed by atoms with Crippen LogP contribution >= 0.6 is 0 Å². The van der Waals surface area contributed by atoms with Gasteiger partial charge in [-0.2, -0.15) is 0 Å². The molecule has 2 aliphatic carbocycles. The summed E-state index contributed by atoms with van der Waals surface area (Å²) in [6, 6.07) is 8.91. The lowest BCUT2D eigenvalue weighted by Crippen LogP contribution is -2.40. The molecule has 3 heteroatoms. The molecule has 1 aromatic carbocycles. The molecule has 0 heterocycles. The fourth-order valence-electron chi connectivity index (χ4n) is 4.07. The van der Waals surface area contributed by atoms with E-state index >= 15 is 0 Å². The third kappa shape index (κ3) is 3.29.